The third-order valence-electron chi connectivity index (χ3n) is 9.01. The standard InChI is InChI=1S/C36H44N6O4/c1-23(19-33(43)39-29-11-15-45-16-12-29)35-37-21-31(41-35)27-7-3-25(4-8-27)26-5-9-28(10-6-26)32-22-38-36(42-32)24(2)20-34(44)40-30-13-17-46-18-14-30/h3-10,21-24,29-30H,11-20H2,1-2H3,(H,37,41)(H,38,42)(H,39,43)(H,40,44)/t23-,24-/m1/s1. The van der Waals surface area contributed by atoms with Crippen molar-refractivity contribution in [3.05, 3.63) is 72.6 Å². The lowest BCUT2D eigenvalue weighted by Gasteiger charge is -2.23. The summed E-state index contributed by atoms with van der Waals surface area (Å²) in [4.78, 5) is 41.1. The topological polar surface area (TPSA) is 134 Å². The summed E-state index contributed by atoms with van der Waals surface area (Å²) in [7, 11) is 0. The molecule has 2 fully saturated rings. The van der Waals surface area contributed by atoms with Gasteiger partial charge in [0.25, 0.3) is 0 Å². The molecule has 2 aliphatic rings. The average Bonchev–Trinajstić information content (AvgIpc) is 3.77. The van der Waals surface area contributed by atoms with Crippen LogP contribution in [0.4, 0.5) is 0 Å². The fourth-order valence-corrected chi connectivity index (χ4v) is 6.16. The molecule has 0 aliphatic carbocycles. The minimum Gasteiger partial charge on any atom is -0.381 e. The molecule has 4 N–H and O–H groups in total. The summed E-state index contributed by atoms with van der Waals surface area (Å²) in [6, 6.07) is 17.2. The zero-order chi connectivity index (χ0) is 31.9. The zero-order valence-corrected chi connectivity index (χ0v) is 26.7. The number of carbonyl (C=O) groups is 2. The number of H-pyrrole nitrogens is 2. The number of nitrogens with zero attached hydrogens (tertiary/aromatic N) is 2. The monoisotopic (exact) mass is 624 g/mol. The minimum absolute atomic E-state index is 0.0119. The summed E-state index contributed by atoms with van der Waals surface area (Å²) in [6.07, 6.45) is 7.95. The highest BCUT2D eigenvalue weighted by Gasteiger charge is 2.21. The largest absolute Gasteiger partial charge is 0.381 e. The molecule has 0 radical (unpaired) electrons. The van der Waals surface area contributed by atoms with Crippen LogP contribution in [-0.4, -0.2) is 70.3 Å². The molecule has 0 unspecified atom stereocenters. The number of aromatic amines is 2. The fraction of sp³-hybridized carbons (Fsp3) is 0.444. The Labute approximate surface area is 270 Å². The summed E-state index contributed by atoms with van der Waals surface area (Å²) in [5.41, 5.74) is 6.17. The van der Waals surface area contributed by atoms with Gasteiger partial charge in [-0.3, -0.25) is 9.59 Å². The molecule has 2 atom stereocenters. The van der Waals surface area contributed by atoms with Gasteiger partial charge in [-0.25, -0.2) is 9.97 Å². The maximum absolute atomic E-state index is 12.6. The molecule has 10 nitrogen and oxygen atoms in total. The number of hydrogen-bond donors (Lipinski definition) is 4. The first kappa shape index (κ1) is 31.7. The van der Waals surface area contributed by atoms with Crippen LogP contribution in [0.5, 0.6) is 0 Å². The van der Waals surface area contributed by atoms with E-state index in [0.29, 0.717) is 39.3 Å². The van der Waals surface area contributed by atoms with Crippen molar-refractivity contribution in [2.75, 3.05) is 26.4 Å². The van der Waals surface area contributed by atoms with Crippen molar-refractivity contribution < 1.29 is 19.1 Å². The van der Waals surface area contributed by atoms with Crippen molar-refractivity contribution in [1.82, 2.24) is 30.6 Å². The predicted molar refractivity (Wildman–Crippen MR) is 177 cm³/mol. The van der Waals surface area contributed by atoms with Crippen LogP contribution >= 0.6 is 0 Å². The van der Waals surface area contributed by atoms with Crippen LogP contribution in [-0.2, 0) is 19.1 Å². The first-order valence-electron chi connectivity index (χ1n) is 16.5. The maximum atomic E-state index is 12.6. The highest BCUT2D eigenvalue weighted by molar-refractivity contribution is 5.78. The third-order valence-corrected chi connectivity index (χ3v) is 9.01. The lowest BCUT2D eigenvalue weighted by molar-refractivity contribution is -0.123. The summed E-state index contributed by atoms with van der Waals surface area (Å²) >= 11 is 0. The van der Waals surface area contributed by atoms with Crippen LogP contribution < -0.4 is 10.6 Å². The number of benzene rings is 2. The van der Waals surface area contributed by atoms with E-state index in [1.165, 1.54) is 0 Å². The van der Waals surface area contributed by atoms with E-state index in [1.54, 1.807) is 0 Å². The van der Waals surface area contributed by atoms with E-state index in [1.807, 2.05) is 26.2 Å². The number of aromatic nitrogens is 4. The van der Waals surface area contributed by atoms with Gasteiger partial charge < -0.3 is 30.1 Å². The summed E-state index contributed by atoms with van der Waals surface area (Å²) in [5.74, 6) is 1.71. The molecule has 10 heteroatoms. The van der Waals surface area contributed by atoms with Crippen molar-refractivity contribution in [3.8, 4) is 33.6 Å². The molecule has 2 amide bonds. The molecule has 4 aromatic rings. The molecule has 0 saturated carbocycles. The van der Waals surface area contributed by atoms with Crippen LogP contribution in [0.25, 0.3) is 33.6 Å². The van der Waals surface area contributed by atoms with E-state index >= 15 is 0 Å². The van der Waals surface area contributed by atoms with Crippen molar-refractivity contribution in [3.63, 3.8) is 0 Å². The average molecular weight is 625 g/mol. The van der Waals surface area contributed by atoms with Crippen molar-refractivity contribution in [2.45, 2.75) is 76.3 Å². The molecule has 6 rings (SSSR count). The number of hydrogen-bond acceptors (Lipinski definition) is 6. The van der Waals surface area contributed by atoms with Gasteiger partial charge in [0.2, 0.25) is 11.8 Å². The first-order chi connectivity index (χ1) is 22.4. The Morgan fingerprint density at radius 3 is 1.37 bits per heavy atom. The summed E-state index contributed by atoms with van der Waals surface area (Å²) in [5, 5.41) is 6.27. The van der Waals surface area contributed by atoms with E-state index in [9.17, 15) is 9.59 Å². The Kier molecular flexibility index (Phi) is 10.2. The van der Waals surface area contributed by atoms with Crippen LogP contribution in [0.3, 0.4) is 0 Å². The van der Waals surface area contributed by atoms with Crippen LogP contribution in [0, 0.1) is 0 Å². The molecule has 0 bridgehead atoms. The Balaban J connectivity index is 1.02. The van der Waals surface area contributed by atoms with Gasteiger partial charge in [-0.2, -0.15) is 0 Å². The van der Waals surface area contributed by atoms with Crippen molar-refractivity contribution in [1.29, 1.82) is 0 Å². The molecule has 2 aromatic heterocycles. The number of rotatable bonds is 11. The minimum atomic E-state index is -0.0119. The molecule has 46 heavy (non-hydrogen) atoms. The van der Waals surface area contributed by atoms with Gasteiger partial charge in [0, 0.05) is 63.2 Å². The zero-order valence-electron chi connectivity index (χ0n) is 26.7. The van der Waals surface area contributed by atoms with E-state index in [2.05, 4.69) is 79.1 Å². The van der Waals surface area contributed by atoms with E-state index in [0.717, 1.165) is 71.0 Å². The normalized spacial score (nSPS) is 17.3. The van der Waals surface area contributed by atoms with Gasteiger partial charge in [0.15, 0.2) is 0 Å². The maximum Gasteiger partial charge on any atom is 0.220 e. The van der Waals surface area contributed by atoms with Gasteiger partial charge in [-0.05, 0) is 47.9 Å². The van der Waals surface area contributed by atoms with Gasteiger partial charge in [0.1, 0.15) is 11.6 Å². The molecule has 4 heterocycles. The van der Waals surface area contributed by atoms with Gasteiger partial charge >= 0.3 is 0 Å². The van der Waals surface area contributed by atoms with E-state index in [4.69, 9.17) is 9.47 Å². The second kappa shape index (κ2) is 14.9. The molecule has 2 saturated heterocycles. The van der Waals surface area contributed by atoms with Crippen molar-refractivity contribution >= 4 is 11.8 Å². The second-order valence-corrected chi connectivity index (χ2v) is 12.6. The fourth-order valence-electron chi connectivity index (χ4n) is 6.16. The van der Waals surface area contributed by atoms with Gasteiger partial charge in [0.05, 0.1) is 23.8 Å². The van der Waals surface area contributed by atoms with E-state index < -0.39 is 0 Å². The smallest absolute Gasteiger partial charge is 0.220 e. The molecule has 242 valence electrons. The second-order valence-electron chi connectivity index (χ2n) is 12.6. The quantitative estimate of drug-likeness (QED) is 0.169. The molecule has 2 aliphatic heterocycles. The highest BCUT2D eigenvalue weighted by Crippen LogP contribution is 2.28. The number of carbonyl (C=O) groups excluding carboxylic acids is 2. The number of amides is 2. The summed E-state index contributed by atoms with van der Waals surface area (Å²) in [6.45, 7) is 6.88. The Hall–Kier alpha value is -4.28. The first-order valence-corrected chi connectivity index (χ1v) is 16.5. The highest BCUT2D eigenvalue weighted by atomic mass is 16.5. The van der Waals surface area contributed by atoms with Crippen LogP contribution in [0.1, 0.15) is 75.9 Å². The Morgan fingerprint density at radius 2 is 1.00 bits per heavy atom. The molecule has 2 aromatic carbocycles. The van der Waals surface area contributed by atoms with Gasteiger partial charge in [-0.15, -0.1) is 0 Å². The lowest BCUT2D eigenvalue weighted by Crippen LogP contribution is -2.39. The third kappa shape index (κ3) is 8.10. The SMILES string of the molecule is C[C@H](CC(=O)NC1CCOCC1)c1ncc(-c2ccc(-c3ccc(-c4cnc([C@H](C)CC(=O)NC5CCOCC5)[nH]4)cc3)cc2)[nH]1. The Bertz CT molecular complexity index is 1460. The molecule has 0 spiro atoms. The molecular weight excluding hydrogens is 580 g/mol. The van der Waals surface area contributed by atoms with Crippen LogP contribution in [0.15, 0.2) is 60.9 Å². The summed E-state index contributed by atoms with van der Waals surface area (Å²) < 4.78 is 10.8. The molecular formula is C36H44N6O4. The number of nitrogens with one attached hydrogen (secondary N) is 4. The lowest BCUT2D eigenvalue weighted by atomic mass is 10.0. The number of imidazole rings is 2. The predicted octanol–water partition coefficient (Wildman–Crippen LogP) is 5.71. The van der Waals surface area contributed by atoms with E-state index in [-0.39, 0.29) is 35.7 Å². The van der Waals surface area contributed by atoms with Crippen LogP contribution in [0.2, 0.25) is 0 Å². The Morgan fingerprint density at radius 1 is 0.652 bits per heavy atom. The van der Waals surface area contributed by atoms with Gasteiger partial charge in [-0.1, -0.05) is 62.4 Å². The number of ether oxygens (including phenoxy) is 2. The van der Waals surface area contributed by atoms with Crippen molar-refractivity contribution in [2.24, 2.45) is 0 Å².